The summed E-state index contributed by atoms with van der Waals surface area (Å²) in [6, 6.07) is 5.90. The molecule has 0 spiro atoms. The van der Waals surface area contributed by atoms with Crippen molar-refractivity contribution in [2.45, 2.75) is 37.8 Å². The Morgan fingerprint density at radius 1 is 1.30 bits per heavy atom. The lowest BCUT2D eigenvalue weighted by atomic mass is 10.1. The summed E-state index contributed by atoms with van der Waals surface area (Å²) in [5, 5.41) is 10.6. The van der Waals surface area contributed by atoms with Gasteiger partial charge in [-0.1, -0.05) is 0 Å². The largest absolute Gasteiger partial charge is 0.484 e. The average Bonchev–Trinajstić information content (AvgIpc) is 3.23. The number of ether oxygens (including phenoxy) is 2. The SMILES string of the molecule is O=C(COc1ccc([N+](=O)[O-])cc1)N1CCC[C@@H]1[C@H]1CCCO1. The number of hydrogen-bond acceptors (Lipinski definition) is 5. The molecule has 2 atom stereocenters. The van der Waals surface area contributed by atoms with Crippen molar-refractivity contribution in [1.82, 2.24) is 4.90 Å². The van der Waals surface area contributed by atoms with E-state index in [1.807, 2.05) is 4.90 Å². The van der Waals surface area contributed by atoms with Crippen LogP contribution in [-0.4, -0.2) is 47.6 Å². The molecule has 0 unspecified atom stereocenters. The number of carbonyl (C=O) groups excluding carboxylic acids is 1. The molecule has 0 radical (unpaired) electrons. The van der Waals surface area contributed by atoms with Crippen molar-refractivity contribution in [2.75, 3.05) is 19.8 Å². The van der Waals surface area contributed by atoms with E-state index >= 15 is 0 Å². The Bertz CT molecular complexity index is 568. The second-order valence-corrected chi connectivity index (χ2v) is 5.89. The van der Waals surface area contributed by atoms with Crippen LogP contribution in [0.3, 0.4) is 0 Å². The van der Waals surface area contributed by atoms with Crippen molar-refractivity contribution in [3.8, 4) is 5.75 Å². The van der Waals surface area contributed by atoms with Gasteiger partial charge < -0.3 is 14.4 Å². The van der Waals surface area contributed by atoms with Crippen LogP contribution in [0.15, 0.2) is 24.3 Å². The van der Waals surface area contributed by atoms with Gasteiger partial charge in [0.2, 0.25) is 0 Å². The van der Waals surface area contributed by atoms with Gasteiger partial charge in [-0.05, 0) is 37.8 Å². The molecule has 2 aliphatic rings. The number of nitro groups is 1. The molecule has 7 heteroatoms. The lowest BCUT2D eigenvalue weighted by Crippen LogP contribution is -2.44. The van der Waals surface area contributed by atoms with Crippen LogP contribution in [-0.2, 0) is 9.53 Å². The predicted molar refractivity (Wildman–Crippen MR) is 82.3 cm³/mol. The van der Waals surface area contributed by atoms with E-state index in [-0.39, 0.29) is 30.3 Å². The normalized spacial score (nSPS) is 23.9. The number of nitro benzene ring substituents is 1. The summed E-state index contributed by atoms with van der Waals surface area (Å²) in [7, 11) is 0. The van der Waals surface area contributed by atoms with E-state index in [2.05, 4.69) is 0 Å². The number of benzene rings is 1. The second kappa shape index (κ2) is 6.95. The zero-order valence-corrected chi connectivity index (χ0v) is 12.8. The topological polar surface area (TPSA) is 81.9 Å². The van der Waals surface area contributed by atoms with Gasteiger partial charge in [0.15, 0.2) is 6.61 Å². The fourth-order valence-electron chi connectivity index (χ4n) is 3.29. The molecule has 0 aromatic heterocycles. The van der Waals surface area contributed by atoms with Crippen LogP contribution < -0.4 is 4.74 Å². The van der Waals surface area contributed by atoms with E-state index in [1.54, 1.807) is 0 Å². The first-order valence-corrected chi connectivity index (χ1v) is 7.93. The number of nitrogens with zero attached hydrogens (tertiary/aromatic N) is 2. The van der Waals surface area contributed by atoms with Crippen LogP contribution in [0, 0.1) is 10.1 Å². The monoisotopic (exact) mass is 320 g/mol. The maximum Gasteiger partial charge on any atom is 0.269 e. The van der Waals surface area contributed by atoms with Crippen LogP contribution in [0.2, 0.25) is 0 Å². The molecule has 0 aliphatic carbocycles. The van der Waals surface area contributed by atoms with Gasteiger partial charge in [0.1, 0.15) is 5.75 Å². The number of rotatable bonds is 5. The quantitative estimate of drug-likeness (QED) is 0.613. The van der Waals surface area contributed by atoms with Gasteiger partial charge in [-0.25, -0.2) is 0 Å². The van der Waals surface area contributed by atoms with Crippen LogP contribution in [0.25, 0.3) is 0 Å². The smallest absolute Gasteiger partial charge is 0.269 e. The van der Waals surface area contributed by atoms with E-state index in [9.17, 15) is 14.9 Å². The Hall–Kier alpha value is -2.15. The molecule has 1 amide bonds. The number of hydrogen-bond donors (Lipinski definition) is 0. The maximum atomic E-state index is 12.4. The lowest BCUT2D eigenvalue weighted by Gasteiger charge is -2.28. The standard InChI is InChI=1S/C16H20N2O5/c19-16(11-23-13-7-5-12(6-8-13)18(20)21)17-9-1-3-14(17)15-4-2-10-22-15/h5-8,14-15H,1-4,9-11H2/t14-,15-/m1/s1. The maximum absolute atomic E-state index is 12.4. The third-order valence-electron chi connectivity index (χ3n) is 4.42. The summed E-state index contributed by atoms with van der Waals surface area (Å²) in [5.41, 5.74) is 0.00154. The van der Waals surface area contributed by atoms with Gasteiger partial charge in [-0.15, -0.1) is 0 Å². The van der Waals surface area contributed by atoms with Crippen molar-refractivity contribution in [1.29, 1.82) is 0 Å². The Labute approximate surface area is 134 Å². The van der Waals surface area contributed by atoms with Gasteiger partial charge in [0, 0.05) is 25.3 Å². The summed E-state index contributed by atoms with van der Waals surface area (Å²) < 4.78 is 11.2. The lowest BCUT2D eigenvalue weighted by molar-refractivity contribution is -0.384. The van der Waals surface area contributed by atoms with E-state index in [0.717, 1.165) is 38.8 Å². The Morgan fingerprint density at radius 3 is 2.74 bits per heavy atom. The molecule has 23 heavy (non-hydrogen) atoms. The molecule has 0 bridgehead atoms. The van der Waals surface area contributed by atoms with Gasteiger partial charge in [-0.2, -0.15) is 0 Å². The Kier molecular flexibility index (Phi) is 4.76. The first-order chi connectivity index (χ1) is 11.1. The molecule has 0 saturated carbocycles. The number of carbonyl (C=O) groups is 1. The highest BCUT2D eigenvalue weighted by Gasteiger charge is 2.36. The van der Waals surface area contributed by atoms with Gasteiger partial charge >= 0.3 is 0 Å². The van der Waals surface area contributed by atoms with Crippen molar-refractivity contribution in [3.63, 3.8) is 0 Å². The number of amides is 1. The highest BCUT2D eigenvalue weighted by molar-refractivity contribution is 5.78. The van der Waals surface area contributed by atoms with Crippen LogP contribution in [0.1, 0.15) is 25.7 Å². The molecule has 7 nitrogen and oxygen atoms in total. The summed E-state index contributed by atoms with van der Waals surface area (Å²) >= 11 is 0. The zero-order valence-electron chi connectivity index (χ0n) is 12.8. The minimum absolute atomic E-state index is 0.00154. The zero-order chi connectivity index (χ0) is 16.2. The van der Waals surface area contributed by atoms with Gasteiger partial charge in [0.25, 0.3) is 11.6 Å². The van der Waals surface area contributed by atoms with Crippen molar-refractivity contribution < 1.29 is 19.2 Å². The van der Waals surface area contributed by atoms with Gasteiger partial charge in [0.05, 0.1) is 17.1 Å². The molecule has 124 valence electrons. The van der Waals surface area contributed by atoms with E-state index < -0.39 is 4.92 Å². The second-order valence-electron chi connectivity index (χ2n) is 5.89. The minimum Gasteiger partial charge on any atom is -0.484 e. The molecule has 3 rings (SSSR count). The Morgan fingerprint density at radius 2 is 2.09 bits per heavy atom. The molecule has 2 fully saturated rings. The fourth-order valence-corrected chi connectivity index (χ4v) is 3.29. The molecule has 2 aliphatic heterocycles. The highest BCUT2D eigenvalue weighted by atomic mass is 16.6. The van der Waals surface area contributed by atoms with Crippen molar-refractivity contribution in [3.05, 3.63) is 34.4 Å². The third kappa shape index (κ3) is 3.61. The first kappa shape index (κ1) is 15.7. The highest BCUT2D eigenvalue weighted by Crippen LogP contribution is 2.28. The average molecular weight is 320 g/mol. The van der Waals surface area contributed by atoms with Crippen molar-refractivity contribution in [2.24, 2.45) is 0 Å². The summed E-state index contributed by atoms with van der Waals surface area (Å²) in [5.74, 6) is 0.401. The predicted octanol–water partition coefficient (Wildman–Crippen LogP) is 2.14. The minimum atomic E-state index is -0.467. The number of likely N-dealkylation sites (tertiary alicyclic amines) is 1. The molecule has 0 N–H and O–H groups in total. The third-order valence-corrected chi connectivity index (χ3v) is 4.42. The van der Waals surface area contributed by atoms with Crippen molar-refractivity contribution >= 4 is 11.6 Å². The van der Waals surface area contributed by atoms with Crippen LogP contribution in [0.5, 0.6) is 5.75 Å². The molecule has 2 heterocycles. The van der Waals surface area contributed by atoms with E-state index in [1.165, 1.54) is 24.3 Å². The van der Waals surface area contributed by atoms with Crippen LogP contribution in [0.4, 0.5) is 5.69 Å². The summed E-state index contributed by atoms with van der Waals surface area (Å²) in [4.78, 5) is 24.4. The van der Waals surface area contributed by atoms with Crippen LogP contribution >= 0.6 is 0 Å². The van der Waals surface area contributed by atoms with E-state index in [4.69, 9.17) is 9.47 Å². The number of non-ortho nitro benzene ring substituents is 1. The molecular weight excluding hydrogens is 300 g/mol. The summed E-state index contributed by atoms with van der Waals surface area (Å²) in [6.45, 7) is 1.47. The summed E-state index contributed by atoms with van der Waals surface area (Å²) in [6.07, 6.45) is 4.20. The van der Waals surface area contributed by atoms with E-state index in [0.29, 0.717) is 5.75 Å². The van der Waals surface area contributed by atoms with Gasteiger partial charge in [-0.3, -0.25) is 14.9 Å². The fraction of sp³-hybridized carbons (Fsp3) is 0.562. The molecular formula is C16H20N2O5. The Balaban J connectivity index is 1.55. The first-order valence-electron chi connectivity index (χ1n) is 7.93. The molecule has 1 aromatic carbocycles. The molecule has 2 saturated heterocycles. The molecule has 1 aromatic rings.